The molecule has 4 rings (SSSR count). The highest BCUT2D eigenvalue weighted by Gasteiger charge is 2.39. The van der Waals surface area contributed by atoms with E-state index < -0.39 is 26.9 Å². The third-order valence-electron chi connectivity index (χ3n) is 8.32. The highest BCUT2D eigenvalue weighted by Crippen LogP contribution is 2.39. The first kappa shape index (κ1) is 33.6. The number of alkyl halides is 3. The summed E-state index contributed by atoms with van der Waals surface area (Å²) >= 11 is 0. The van der Waals surface area contributed by atoms with Gasteiger partial charge in [-0.25, -0.2) is 9.78 Å². The normalized spacial score (nSPS) is 19.3. The van der Waals surface area contributed by atoms with Crippen LogP contribution in [0.2, 0.25) is 25.7 Å². The van der Waals surface area contributed by atoms with Gasteiger partial charge < -0.3 is 29.1 Å². The van der Waals surface area contributed by atoms with Gasteiger partial charge in [0.1, 0.15) is 25.5 Å². The van der Waals surface area contributed by atoms with Crippen LogP contribution >= 0.6 is 0 Å². The Kier molecular flexibility index (Phi) is 10.2. The van der Waals surface area contributed by atoms with E-state index in [1.807, 2.05) is 16.8 Å². The third kappa shape index (κ3) is 8.23. The molecule has 0 spiro atoms. The van der Waals surface area contributed by atoms with Crippen molar-refractivity contribution in [1.29, 1.82) is 0 Å². The average molecular weight is 641 g/mol. The maximum Gasteiger partial charge on any atom is 0.407 e. The first-order valence-electron chi connectivity index (χ1n) is 14.9. The molecule has 0 atom stereocenters. The van der Waals surface area contributed by atoms with Gasteiger partial charge in [-0.2, -0.15) is 13.2 Å². The molecule has 2 aliphatic rings. The molecule has 11 nitrogen and oxygen atoms in total. The largest absolute Gasteiger partial charge is 0.465 e. The zero-order valence-electron chi connectivity index (χ0n) is 26.1. The number of amides is 3. The first-order chi connectivity index (χ1) is 20.5. The fourth-order valence-corrected chi connectivity index (χ4v) is 6.58. The molecule has 1 fully saturated rings. The number of hydrogen-bond donors (Lipinski definition) is 1. The van der Waals surface area contributed by atoms with Crippen molar-refractivity contribution in [3.63, 3.8) is 0 Å². The molecular formula is C29H43F3N6O5Si. The van der Waals surface area contributed by atoms with E-state index in [-0.39, 0.29) is 43.5 Å². The van der Waals surface area contributed by atoms with E-state index >= 15 is 0 Å². The molecule has 244 valence electrons. The zero-order chi connectivity index (χ0) is 32.4. The standard InChI is InChI=1S/C29H43F3N6O5Si/c1-34(2)24(39)16-37-18-38(21-8-6-20(7-9-21)15-36(28(41)42)17-29(30,31)32)25-22-10-11-35(19-43-12-13-44(3,4)5)26(22)33-14-23(25)27(37)40/h10-11,14,20-21H,6-9,12-13,15-19H2,1-5H3,(H,41,42). The Morgan fingerprint density at radius 2 is 1.84 bits per heavy atom. The van der Waals surface area contributed by atoms with Crippen LogP contribution in [-0.4, -0.2) is 115 Å². The van der Waals surface area contributed by atoms with Crippen LogP contribution in [0.15, 0.2) is 18.5 Å². The molecule has 0 radical (unpaired) electrons. The lowest BCUT2D eigenvalue weighted by Crippen LogP contribution is -2.54. The number of hydrogen-bond acceptors (Lipinski definition) is 6. The van der Waals surface area contributed by atoms with Gasteiger partial charge in [0.05, 0.1) is 17.9 Å². The second-order valence-corrected chi connectivity index (χ2v) is 18.9. The predicted octanol–water partition coefficient (Wildman–Crippen LogP) is 4.76. The Labute approximate surface area is 256 Å². The lowest BCUT2D eigenvalue weighted by atomic mass is 9.84. The monoisotopic (exact) mass is 640 g/mol. The number of carbonyl (C=O) groups is 3. The van der Waals surface area contributed by atoms with Gasteiger partial charge in [0.2, 0.25) is 5.91 Å². The fourth-order valence-electron chi connectivity index (χ4n) is 5.83. The quantitative estimate of drug-likeness (QED) is 0.279. The van der Waals surface area contributed by atoms with Gasteiger partial charge in [0.15, 0.2) is 0 Å². The first-order valence-corrected chi connectivity index (χ1v) is 18.6. The van der Waals surface area contributed by atoms with Crippen molar-refractivity contribution < 1.29 is 37.4 Å². The summed E-state index contributed by atoms with van der Waals surface area (Å²) in [5.74, 6) is -0.730. The maximum atomic E-state index is 13.6. The van der Waals surface area contributed by atoms with Crippen molar-refractivity contribution in [1.82, 2.24) is 24.3 Å². The van der Waals surface area contributed by atoms with Crippen molar-refractivity contribution in [3.05, 3.63) is 24.0 Å². The van der Waals surface area contributed by atoms with Crippen molar-refractivity contribution >= 4 is 42.7 Å². The van der Waals surface area contributed by atoms with Gasteiger partial charge in [-0.3, -0.25) is 14.5 Å². The maximum absolute atomic E-state index is 13.6. The summed E-state index contributed by atoms with van der Waals surface area (Å²) in [6.45, 7) is 6.21. The average Bonchev–Trinajstić information content (AvgIpc) is 3.34. The molecule has 0 bridgehead atoms. The van der Waals surface area contributed by atoms with Crippen LogP contribution in [0, 0.1) is 5.92 Å². The Balaban J connectivity index is 1.58. The molecule has 0 saturated heterocycles. The van der Waals surface area contributed by atoms with Gasteiger partial charge >= 0.3 is 12.3 Å². The molecule has 44 heavy (non-hydrogen) atoms. The van der Waals surface area contributed by atoms with E-state index in [0.29, 0.717) is 55.1 Å². The number of anilines is 1. The number of carbonyl (C=O) groups excluding carboxylic acids is 2. The van der Waals surface area contributed by atoms with Crippen molar-refractivity contribution in [2.24, 2.45) is 5.92 Å². The lowest BCUT2D eigenvalue weighted by Gasteiger charge is -2.45. The highest BCUT2D eigenvalue weighted by atomic mass is 28.3. The second-order valence-electron chi connectivity index (χ2n) is 13.2. The van der Waals surface area contributed by atoms with E-state index in [0.717, 1.165) is 17.1 Å². The summed E-state index contributed by atoms with van der Waals surface area (Å²) in [4.78, 5) is 47.8. The highest BCUT2D eigenvalue weighted by molar-refractivity contribution is 6.76. The van der Waals surface area contributed by atoms with Gasteiger partial charge in [-0.05, 0) is 43.7 Å². The van der Waals surface area contributed by atoms with E-state index in [1.54, 1.807) is 20.3 Å². The summed E-state index contributed by atoms with van der Waals surface area (Å²) in [5, 5.41) is 10.1. The molecule has 1 aliphatic carbocycles. The SMILES string of the molecule is CN(C)C(=O)CN1CN(C2CCC(CN(CC(F)(F)F)C(=O)O)CC2)c2c(cnc3c2ccn3COCC[Si](C)(C)C)C1=O. The number of ether oxygens (including phenoxy) is 1. The third-order valence-corrected chi connectivity index (χ3v) is 10.0. The van der Waals surface area contributed by atoms with Crippen molar-refractivity contribution in [2.45, 2.75) is 70.3 Å². The number of aromatic nitrogens is 2. The number of pyridine rings is 1. The topological polar surface area (TPSA) is 111 Å². The van der Waals surface area contributed by atoms with Crippen molar-refractivity contribution in [2.75, 3.05) is 51.9 Å². The zero-order valence-corrected chi connectivity index (χ0v) is 27.1. The van der Waals surface area contributed by atoms with Crippen LogP contribution in [-0.2, 0) is 16.3 Å². The van der Waals surface area contributed by atoms with Crippen LogP contribution in [0.5, 0.6) is 0 Å². The summed E-state index contributed by atoms with van der Waals surface area (Å²) in [7, 11) is 2.00. The van der Waals surface area contributed by atoms with Gasteiger partial charge in [0.25, 0.3) is 5.91 Å². The summed E-state index contributed by atoms with van der Waals surface area (Å²) in [5.41, 5.74) is 1.78. The molecule has 1 saturated carbocycles. The van der Waals surface area contributed by atoms with Gasteiger partial charge in [0, 0.05) is 59.1 Å². The minimum absolute atomic E-state index is 0.0714. The Morgan fingerprint density at radius 1 is 1.16 bits per heavy atom. The van der Waals surface area contributed by atoms with E-state index in [9.17, 15) is 32.7 Å². The molecule has 0 aromatic carbocycles. The minimum atomic E-state index is -4.61. The van der Waals surface area contributed by atoms with E-state index in [4.69, 9.17) is 4.74 Å². The fraction of sp³-hybridized carbons (Fsp3) is 0.655. The summed E-state index contributed by atoms with van der Waals surface area (Å²) < 4.78 is 46.7. The van der Waals surface area contributed by atoms with Crippen LogP contribution in [0.1, 0.15) is 36.0 Å². The molecule has 3 amide bonds. The van der Waals surface area contributed by atoms with E-state index in [2.05, 4.69) is 29.5 Å². The van der Waals surface area contributed by atoms with Crippen LogP contribution < -0.4 is 4.90 Å². The molecule has 15 heteroatoms. The molecule has 3 heterocycles. The minimum Gasteiger partial charge on any atom is -0.465 e. The van der Waals surface area contributed by atoms with Crippen LogP contribution in [0.3, 0.4) is 0 Å². The van der Waals surface area contributed by atoms with Gasteiger partial charge in [-0.1, -0.05) is 19.6 Å². The summed E-state index contributed by atoms with van der Waals surface area (Å²) in [6.07, 6.45) is -0.512. The molecule has 0 unspecified atom stereocenters. The number of rotatable bonds is 11. The molecule has 2 aromatic heterocycles. The number of halogens is 3. The predicted molar refractivity (Wildman–Crippen MR) is 162 cm³/mol. The number of nitrogens with zero attached hydrogens (tertiary/aromatic N) is 6. The molecule has 2 aromatic rings. The Hall–Kier alpha value is -3.33. The number of likely N-dealkylation sites (N-methyl/N-ethyl adjacent to an activating group) is 1. The van der Waals surface area contributed by atoms with Gasteiger partial charge in [-0.15, -0.1) is 0 Å². The lowest BCUT2D eigenvalue weighted by molar-refractivity contribution is -0.143. The van der Waals surface area contributed by atoms with Crippen molar-refractivity contribution in [3.8, 4) is 0 Å². The van der Waals surface area contributed by atoms with E-state index in [1.165, 1.54) is 9.80 Å². The molecule has 1 N–H and O–H groups in total. The summed E-state index contributed by atoms with van der Waals surface area (Å²) in [6, 6.07) is 2.87. The smallest absolute Gasteiger partial charge is 0.407 e. The van der Waals surface area contributed by atoms with Crippen LogP contribution in [0.25, 0.3) is 11.0 Å². The molecule has 1 aliphatic heterocycles. The number of carboxylic acid groups (broad SMARTS) is 1. The van der Waals surface area contributed by atoms with Crippen LogP contribution in [0.4, 0.5) is 23.7 Å². The Morgan fingerprint density at radius 3 is 2.43 bits per heavy atom. The Bertz CT molecular complexity index is 1350. The molecular weight excluding hydrogens is 597 g/mol. The number of fused-ring (bicyclic) bond motifs is 3. The second kappa shape index (κ2) is 13.3.